The Morgan fingerprint density at radius 1 is 0.731 bits per heavy atom. The van der Waals surface area contributed by atoms with Gasteiger partial charge in [0, 0.05) is 0 Å². The summed E-state index contributed by atoms with van der Waals surface area (Å²) >= 11 is 0. The van der Waals surface area contributed by atoms with Crippen molar-refractivity contribution in [3.05, 3.63) is 59.2 Å². The molecule has 0 N–H and O–H groups in total. The predicted molar refractivity (Wildman–Crippen MR) is 77.2 cm³/mol. The van der Waals surface area contributed by atoms with Crippen molar-refractivity contribution < 1.29 is 31.1 Å². The Bertz CT molecular complexity index is 859. The highest BCUT2D eigenvalue weighted by molar-refractivity contribution is 5.50. The van der Waals surface area contributed by atoms with Crippen LogP contribution in [0.15, 0.2) is 42.5 Å². The van der Waals surface area contributed by atoms with Gasteiger partial charge >= 0.3 is 12.4 Å². The summed E-state index contributed by atoms with van der Waals surface area (Å²) in [6, 6.07) is 10.7. The molecule has 0 fully saturated rings. The molecule has 0 aromatic heterocycles. The number of nitriles is 2. The molecule has 0 aliphatic heterocycles. The highest BCUT2D eigenvalue weighted by atomic mass is 19.4. The van der Waals surface area contributed by atoms with Crippen LogP contribution in [0.1, 0.15) is 22.6 Å². The van der Waals surface area contributed by atoms with Crippen molar-refractivity contribution in [1.82, 2.24) is 0 Å². The fourth-order valence-corrected chi connectivity index (χ4v) is 2.20. The van der Waals surface area contributed by atoms with Crippen LogP contribution < -0.4 is 4.74 Å². The van der Waals surface area contributed by atoms with E-state index in [-0.39, 0.29) is 22.6 Å². The Labute approximate surface area is 143 Å². The van der Waals surface area contributed by atoms with Gasteiger partial charge in [-0.3, -0.25) is 0 Å². The molecule has 2 aromatic carbocycles. The number of hydrogen-bond donors (Lipinski definition) is 0. The number of halogens is 6. The highest BCUT2D eigenvalue weighted by Gasteiger charge is 2.57. The molecule has 9 heteroatoms. The average Bonchev–Trinajstić information content (AvgIpc) is 2.54. The average molecular weight is 370 g/mol. The lowest BCUT2D eigenvalue weighted by atomic mass is 9.98. The number of ether oxygens (including phenoxy) is 1. The zero-order valence-electron chi connectivity index (χ0n) is 12.7. The first-order valence-electron chi connectivity index (χ1n) is 6.91. The fraction of sp³-hybridized carbons (Fsp3) is 0.176. The van der Waals surface area contributed by atoms with Gasteiger partial charge in [-0.2, -0.15) is 36.9 Å². The Hall–Kier alpha value is -3.20. The van der Waals surface area contributed by atoms with E-state index in [4.69, 9.17) is 15.3 Å². The van der Waals surface area contributed by atoms with Gasteiger partial charge in [-0.1, -0.05) is 12.1 Å². The summed E-state index contributed by atoms with van der Waals surface area (Å²) in [5.74, 6) is -3.51. The summed E-state index contributed by atoms with van der Waals surface area (Å²) in [7, 11) is 0. The van der Waals surface area contributed by atoms with Crippen molar-refractivity contribution in [1.29, 1.82) is 10.5 Å². The second-order valence-corrected chi connectivity index (χ2v) is 5.12. The molecule has 0 aliphatic carbocycles. The lowest BCUT2D eigenvalue weighted by Gasteiger charge is -2.23. The van der Waals surface area contributed by atoms with E-state index in [0.717, 1.165) is 12.1 Å². The molecule has 134 valence electrons. The number of hydrogen-bond acceptors (Lipinski definition) is 3. The third kappa shape index (κ3) is 4.25. The van der Waals surface area contributed by atoms with Crippen LogP contribution in [0.2, 0.25) is 0 Å². The lowest BCUT2D eigenvalue weighted by Crippen LogP contribution is -2.34. The maximum atomic E-state index is 12.7. The minimum Gasteiger partial charge on any atom is -0.457 e. The Kier molecular flexibility index (Phi) is 5.12. The molecule has 0 atom stereocenters. The molecule has 26 heavy (non-hydrogen) atoms. The van der Waals surface area contributed by atoms with Crippen molar-refractivity contribution in [2.24, 2.45) is 0 Å². The summed E-state index contributed by atoms with van der Waals surface area (Å²) in [5, 5.41) is 17.7. The van der Waals surface area contributed by atoms with Crippen LogP contribution in [-0.4, -0.2) is 12.4 Å². The van der Waals surface area contributed by atoms with Crippen LogP contribution in [-0.2, 0) is 0 Å². The maximum absolute atomic E-state index is 12.7. The molecule has 0 aliphatic rings. The zero-order valence-corrected chi connectivity index (χ0v) is 12.7. The van der Waals surface area contributed by atoms with E-state index in [1.165, 1.54) is 18.2 Å². The van der Waals surface area contributed by atoms with Gasteiger partial charge in [0.1, 0.15) is 23.6 Å². The number of rotatable bonds is 3. The van der Waals surface area contributed by atoms with E-state index in [1.807, 2.05) is 0 Å². The molecule has 0 unspecified atom stereocenters. The highest BCUT2D eigenvalue weighted by Crippen LogP contribution is 2.46. The van der Waals surface area contributed by atoms with E-state index >= 15 is 0 Å². The summed E-state index contributed by atoms with van der Waals surface area (Å²) in [6.07, 6.45) is -11.0. The Morgan fingerprint density at radius 2 is 1.23 bits per heavy atom. The quantitative estimate of drug-likeness (QED) is 0.677. The Morgan fingerprint density at radius 3 is 1.69 bits per heavy atom. The van der Waals surface area contributed by atoms with E-state index in [9.17, 15) is 26.3 Å². The molecule has 0 saturated carbocycles. The van der Waals surface area contributed by atoms with Crippen LogP contribution in [0.3, 0.4) is 0 Å². The largest absolute Gasteiger partial charge is 0.457 e. The zero-order chi connectivity index (χ0) is 19.5. The number of benzene rings is 2. The topological polar surface area (TPSA) is 56.8 Å². The minimum atomic E-state index is -5.48. The second-order valence-electron chi connectivity index (χ2n) is 5.12. The predicted octanol–water partition coefficient (Wildman–Crippen LogP) is 5.43. The van der Waals surface area contributed by atoms with Gasteiger partial charge in [0.15, 0.2) is 5.92 Å². The summed E-state index contributed by atoms with van der Waals surface area (Å²) in [5.41, 5.74) is -0.834. The third-order valence-electron chi connectivity index (χ3n) is 3.34. The first-order chi connectivity index (χ1) is 12.1. The number of nitrogens with zero attached hydrogens (tertiary/aromatic N) is 2. The van der Waals surface area contributed by atoms with Gasteiger partial charge in [0.25, 0.3) is 0 Å². The monoisotopic (exact) mass is 370 g/mol. The van der Waals surface area contributed by atoms with E-state index in [0.29, 0.717) is 12.1 Å². The van der Waals surface area contributed by atoms with Crippen molar-refractivity contribution in [3.63, 3.8) is 0 Å². The van der Waals surface area contributed by atoms with Gasteiger partial charge in [-0.05, 0) is 35.9 Å². The molecule has 3 nitrogen and oxygen atoms in total. The molecule has 0 heterocycles. The van der Waals surface area contributed by atoms with Crippen LogP contribution in [0, 0.1) is 22.7 Å². The first-order valence-corrected chi connectivity index (χ1v) is 6.91. The van der Waals surface area contributed by atoms with Crippen LogP contribution in [0.5, 0.6) is 11.5 Å². The summed E-state index contributed by atoms with van der Waals surface area (Å²) in [4.78, 5) is 0. The molecule has 0 saturated heterocycles. The molecular formula is C17H8F6N2O. The standard InChI is InChI=1S/C17H8F6N2O/c18-16(19,20)15(17(21,22)23)10-1-4-13(5-2-10)26-14-6-3-11(8-24)12(7-14)9-25/h1-7,15H. The molecule has 0 amide bonds. The lowest BCUT2D eigenvalue weighted by molar-refractivity contribution is -0.253. The van der Waals surface area contributed by atoms with Gasteiger partial charge in [0.05, 0.1) is 11.1 Å². The summed E-state index contributed by atoms with van der Waals surface area (Å²) < 4.78 is 81.5. The molecule has 2 rings (SSSR count). The normalized spacial score (nSPS) is 11.7. The van der Waals surface area contributed by atoms with Crippen LogP contribution in [0.4, 0.5) is 26.3 Å². The van der Waals surface area contributed by atoms with Crippen molar-refractivity contribution in [2.75, 3.05) is 0 Å². The van der Waals surface area contributed by atoms with E-state index in [1.54, 1.807) is 12.1 Å². The van der Waals surface area contributed by atoms with E-state index in [2.05, 4.69) is 0 Å². The van der Waals surface area contributed by atoms with Crippen molar-refractivity contribution in [3.8, 4) is 23.6 Å². The third-order valence-corrected chi connectivity index (χ3v) is 3.34. The molecule has 0 radical (unpaired) electrons. The fourth-order valence-electron chi connectivity index (χ4n) is 2.20. The van der Waals surface area contributed by atoms with Crippen molar-refractivity contribution in [2.45, 2.75) is 18.3 Å². The van der Waals surface area contributed by atoms with Gasteiger partial charge in [-0.15, -0.1) is 0 Å². The molecular weight excluding hydrogens is 362 g/mol. The number of alkyl halides is 6. The van der Waals surface area contributed by atoms with Gasteiger partial charge in [0.2, 0.25) is 0 Å². The minimum absolute atomic E-state index is 0.0227. The van der Waals surface area contributed by atoms with Gasteiger partial charge < -0.3 is 4.74 Å². The molecule has 2 aromatic rings. The van der Waals surface area contributed by atoms with Crippen LogP contribution in [0.25, 0.3) is 0 Å². The second kappa shape index (κ2) is 6.96. The molecule has 0 bridgehead atoms. The van der Waals surface area contributed by atoms with Crippen molar-refractivity contribution >= 4 is 0 Å². The maximum Gasteiger partial charge on any atom is 0.404 e. The van der Waals surface area contributed by atoms with Gasteiger partial charge in [-0.25, -0.2) is 0 Å². The molecule has 0 spiro atoms. The van der Waals surface area contributed by atoms with E-state index < -0.39 is 23.8 Å². The smallest absolute Gasteiger partial charge is 0.404 e. The first kappa shape index (κ1) is 19.1. The summed E-state index contributed by atoms with van der Waals surface area (Å²) in [6.45, 7) is 0. The SMILES string of the molecule is N#Cc1ccc(Oc2ccc(C(C(F)(F)F)C(F)(F)F)cc2)cc1C#N. The Balaban J connectivity index is 2.28. The van der Waals surface area contributed by atoms with Crippen LogP contribution >= 0.6 is 0 Å².